The van der Waals surface area contributed by atoms with E-state index < -0.39 is 11.1 Å². The van der Waals surface area contributed by atoms with E-state index in [9.17, 15) is 14.4 Å². The molecule has 1 fully saturated rings. The molecular formula is C21H21ClN4O3. The van der Waals surface area contributed by atoms with Gasteiger partial charge in [0.2, 0.25) is 5.91 Å². The summed E-state index contributed by atoms with van der Waals surface area (Å²) in [5, 5.41) is 0.402. The maximum absolute atomic E-state index is 12.7. The van der Waals surface area contributed by atoms with Crippen LogP contribution in [0.2, 0.25) is 5.02 Å². The number of nitrogens with zero attached hydrogens (tertiary/aromatic N) is 4. The fourth-order valence-corrected chi connectivity index (χ4v) is 4.05. The Labute approximate surface area is 172 Å². The number of carbonyl (C=O) groups excluding carboxylic acids is 1. The lowest BCUT2D eigenvalue weighted by atomic mass is 10.0. The molecule has 4 rings (SSSR count). The quantitative estimate of drug-likeness (QED) is 0.617. The minimum atomic E-state index is -0.607. The first-order chi connectivity index (χ1) is 14.0. The number of piperidine rings is 1. The summed E-state index contributed by atoms with van der Waals surface area (Å²) in [6.45, 7) is 1.07. The summed E-state index contributed by atoms with van der Waals surface area (Å²) in [4.78, 5) is 43.9. The Morgan fingerprint density at radius 3 is 2.52 bits per heavy atom. The number of rotatable bonds is 3. The fraction of sp³-hybridized carbons (Fsp3) is 0.333. The zero-order valence-corrected chi connectivity index (χ0v) is 16.8. The van der Waals surface area contributed by atoms with Gasteiger partial charge in [0.25, 0.3) is 0 Å². The number of carbonyl (C=O) groups is 1. The molecule has 1 aromatic carbocycles. The van der Waals surface area contributed by atoms with Crippen LogP contribution < -0.4 is 11.1 Å². The highest BCUT2D eigenvalue weighted by Crippen LogP contribution is 2.25. The number of aryl methyl sites for hydroxylation is 1. The van der Waals surface area contributed by atoms with Crippen LogP contribution in [0.4, 0.5) is 0 Å². The molecule has 1 amide bonds. The second-order valence-electron chi connectivity index (χ2n) is 7.31. The van der Waals surface area contributed by atoms with Gasteiger partial charge in [-0.15, -0.1) is 0 Å². The van der Waals surface area contributed by atoms with Crippen molar-refractivity contribution in [1.82, 2.24) is 19.0 Å². The number of hydrogen-bond acceptors (Lipinski definition) is 4. The summed E-state index contributed by atoms with van der Waals surface area (Å²) in [5.74, 6) is 0.0701. The minimum absolute atomic E-state index is 0.0701. The summed E-state index contributed by atoms with van der Waals surface area (Å²) in [6, 6.07) is 11.1. The van der Waals surface area contributed by atoms with Crippen molar-refractivity contribution in [3.63, 3.8) is 0 Å². The molecule has 0 saturated carbocycles. The Bertz CT molecular complexity index is 1180. The van der Waals surface area contributed by atoms with Gasteiger partial charge in [0, 0.05) is 32.4 Å². The first-order valence-corrected chi connectivity index (χ1v) is 9.92. The van der Waals surface area contributed by atoms with Crippen molar-refractivity contribution in [3.8, 4) is 0 Å². The number of halogens is 1. The average Bonchev–Trinajstić information content (AvgIpc) is 2.74. The molecule has 150 valence electrons. The maximum Gasteiger partial charge on any atom is 0.318 e. The highest BCUT2D eigenvalue weighted by molar-refractivity contribution is 6.31. The molecule has 0 atom stereocenters. The topological polar surface area (TPSA) is 77.2 Å². The zero-order valence-electron chi connectivity index (χ0n) is 16.0. The van der Waals surface area contributed by atoms with Crippen LogP contribution >= 0.6 is 11.6 Å². The summed E-state index contributed by atoms with van der Waals surface area (Å²) < 4.78 is 2.76. The maximum atomic E-state index is 12.7. The summed E-state index contributed by atoms with van der Waals surface area (Å²) in [5.41, 5.74) is 0.739. The molecular weight excluding hydrogens is 392 g/mol. The Hall–Kier alpha value is -2.93. The number of likely N-dealkylation sites (tertiary alicyclic amines) is 1. The van der Waals surface area contributed by atoms with Crippen molar-refractivity contribution >= 4 is 28.7 Å². The van der Waals surface area contributed by atoms with Crippen LogP contribution in [-0.4, -0.2) is 38.0 Å². The molecule has 3 heterocycles. The third-order valence-electron chi connectivity index (χ3n) is 5.49. The molecule has 3 aromatic rings. The molecule has 0 radical (unpaired) electrons. The molecule has 2 aromatic heterocycles. The molecule has 0 spiro atoms. The van der Waals surface area contributed by atoms with Gasteiger partial charge in [-0.1, -0.05) is 41.9 Å². The molecule has 1 aliphatic rings. The second-order valence-corrected chi connectivity index (χ2v) is 7.75. The minimum Gasteiger partial charge on any atom is -0.342 e. The van der Waals surface area contributed by atoms with Crippen LogP contribution in [0.1, 0.15) is 24.4 Å². The molecule has 7 nitrogen and oxygen atoms in total. The average molecular weight is 413 g/mol. The molecule has 29 heavy (non-hydrogen) atoms. The highest BCUT2D eigenvalue weighted by atomic mass is 35.5. The molecule has 0 unspecified atom stereocenters. The SMILES string of the molecule is Cn1c(=O)c(=O)n(C2CCN(C(=O)Cc3ccccc3)CC2)c2ncc(Cl)cc21. The van der Waals surface area contributed by atoms with Gasteiger partial charge < -0.3 is 9.47 Å². The second kappa shape index (κ2) is 7.83. The fourth-order valence-electron chi connectivity index (χ4n) is 3.90. The third kappa shape index (κ3) is 3.70. The number of pyridine rings is 1. The predicted molar refractivity (Wildman–Crippen MR) is 111 cm³/mol. The Balaban J connectivity index is 1.57. The van der Waals surface area contributed by atoms with Crippen LogP contribution in [0.3, 0.4) is 0 Å². The van der Waals surface area contributed by atoms with Crippen LogP contribution in [0.25, 0.3) is 11.2 Å². The van der Waals surface area contributed by atoms with Gasteiger partial charge in [-0.2, -0.15) is 0 Å². The van der Waals surface area contributed by atoms with Crippen LogP contribution in [0, 0.1) is 0 Å². The van der Waals surface area contributed by atoms with E-state index in [1.807, 2.05) is 35.2 Å². The zero-order chi connectivity index (χ0) is 20.5. The van der Waals surface area contributed by atoms with E-state index in [0.717, 1.165) is 5.56 Å². The predicted octanol–water partition coefficient (Wildman–Crippen LogP) is 2.15. The standard InChI is InChI=1S/C21H21ClN4O3/c1-24-17-12-15(22)13-23-19(17)26(21(29)20(24)28)16-7-9-25(10-8-16)18(27)11-14-5-3-2-4-6-14/h2-6,12-13,16H,7-11H2,1H3. The summed E-state index contributed by atoms with van der Waals surface area (Å²) >= 11 is 6.03. The Morgan fingerprint density at radius 2 is 1.83 bits per heavy atom. The van der Waals surface area contributed by atoms with Crippen LogP contribution in [0.15, 0.2) is 52.2 Å². The first-order valence-electron chi connectivity index (χ1n) is 9.54. The van der Waals surface area contributed by atoms with Gasteiger partial charge in [0.15, 0.2) is 5.65 Å². The van der Waals surface area contributed by atoms with Crippen LogP contribution in [-0.2, 0) is 18.3 Å². The van der Waals surface area contributed by atoms with Crippen molar-refractivity contribution < 1.29 is 4.79 Å². The van der Waals surface area contributed by atoms with E-state index in [4.69, 9.17) is 11.6 Å². The lowest BCUT2D eigenvalue weighted by Gasteiger charge is -2.33. The monoisotopic (exact) mass is 412 g/mol. The number of fused-ring (bicyclic) bond motifs is 1. The van der Waals surface area contributed by atoms with Gasteiger partial charge in [-0.25, -0.2) is 4.98 Å². The van der Waals surface area contributed by atoms with Gasteiger partial charge in [0.05, 0.1) is 17.0 Å². The van der Waals surface area contributed by atoms with Crippen LogP contribution in [0.5, 0.6) is 0 Å². The summed E-state index contributed by atoms with van der Waals surface area (Å²) in [6.07, 6.45) is 3.02. The van der Waals surface area contributed by atoms with Gasteiger partial charge in [-0.3, -0.25) is 19.0 Å². The van der Waals surface area contributed by atoms with Gasteiger partial charge >= 0.3 is 11.1 Å². The largest absolute Gasteiger partial charge is 0.342 e. The van der Waals surface area contributed by atoms with E-state index in [0.29, 0.717) is 48.5 Å². The third-order valence-corrected chi connectivity index (χ3v) is 5.70. The number of amides is 1. The van der Waals surface area contributed by atoms with Crippen molar-refractivity contribution in [2.45, 2.75) is 25.3 Å². The van der Waals surface area contributed by atoms with E-state index in [-0.39, 0.29) is 11.9 Å². The van der Waals surface area contributed by atoms with Crippen molar-refractivity contribution in [3.05, 3.63) is 73.9 Å². The lowest BCUT2D eigenvalue weighted by molar-refractivity contribution is -0.131. The summed E-state index contributed by atoms with van der Waals surface area (Å²) in [7, 11) is 1.54. The van der Waals surface area contributed by atoms with E-state index in [1.165, 1.54) is 15.3 Å². The molecule has 0 bridgehead atoms. The number of hydrogen-bond donors (Lipinski definition) is 0. The highest BCUT2D eigenvalue weighted by Gasteiger charge is 2.27. The molecule has 8 heteroatoms. The Morgan fingerprint density at radius 1 is 1.14 bits per heavy atom. The Kier molecular flexibility index (Phi) is 5.24. The van der Waals surface area contributed by atoms with E-state index in [2.05, 4.69) is 4.98 Å². The van der Waals surface area contributed by atoms with Gasteiger partial charge in [0.1, 0.15) is 0 Å². The number of benzene rings is 1. The first kappa shape index (κ1) is 19.4. The molecule has 0 aliphatic carbocycles. The lowest BCUT2D eigenvalue weighted by Crippen LogP contribution is -2.46. The normalized spacial score (nSPS) is 15.0. The molecule has 1 aliphatic heterocycles. The molecule has 0 N–H and O–H groups in total. The number of aromatic nitrogens is 3. The van der Waals surface area contributed by atoms with E-state index >= 15 is 0 Å². The molecule has 1 saturated heterocycles. The van der Waals surface area contributed by atoms with E-state index in [1.54, 1.807) is 13.1 Å². The van der Waals surface area contributed by atoms with Gasteiger partial charge in [-0.05, 0) is 24.5 Å². The van der Waals surface area contributed by atoms with Crippen molar-refractivity contribution in [2.24, 2.45) is 7.05 Å². The van der Waals surface area contributed by atoms with Crippen molar-refractivity contribution in [2.75, 3.05) is 13.1 Å². The van der Waals surface area contributed by atoms with Crippen molar-refractivity contribution in [1.29, 1.82) is 0 Å². The smallest absolute Gasteiger partial charge is 0.318 e.